The molecule has 4 aromatic rings. The summed E-state index contributed by atoms with van der Waals surface area (Å²) in [5.74, 6) is 2.15. The molecule has 3 aromatic carbocycles. The van der Waals surface area contributed by atoms with E-state index in [-0.39, 0.29) is 5.75 Å². The third-order valence-corrected chi connectivity index (χ3v) is 4.77. The number of carbonyl (C=O) groups is 1. The number of aromatic nitrogens is 3. The number of phenolic OH excluding ortho intramolecular Hbond substituents is 1. The first-order chi connectivity index (χ1) is 14.6. The lowest BCUT2D eigenvalue weighted by molar-refractivity contribution is 0.112. The summed E-state index contributed by atoms with van der Waals surface area (Å²) in [6.07, 6.45) is 0.788. The molecule has 0 amide bonds. The standard InChI is InChI=1S/C24H19N3O3/c1-15-4-3-5-20(21(15)29)24-26-22(17-8-6-16(14-28)7-9-17)25-23(27-24)18-10-12-19(30-2)13-11-18/h3-14,29H,1-2H3. The van der Waals surface area contributed by atoms with Gasteiger partial charge in [-0.2, -0.15) is 0 Å². The van der Waals surface area contributed by atoms with Crippen molar-refractivity contribution < 1.29 is 14.6 Å². The van der Waals surface area contributed by atoms with Crippen LogP contribution in [0, 0.1) is 6.92 Å². The Morgan fingerprint density at radius 3 is 1.93 bits per heavy atom. The number of rotatable bonds is 5. The molecule has 0 unspecified atom stereocenters. The van der Waals surface area contributed by atoms with Crippen LogP contribution in [0.25, 0.3) is 34.2 Å². The second-order valence-electron chi connectivity index (χ2n) is 6.75. The van der Waals surface area contributed by atoms with Gasteiger partial charge in [0.15, 0.2) is 17.5 Å². The van der Waals surface area contributed by atoms with Crippen LogP contribution in [0.3, 0.4) is 0 Å². The first-order valence-electron chi connectivity index (χ1n) is 9.34. The number of benzene rings is 3. The van der Waals surface area contributed by atoms with Crippen molar-refractivity contribution in [1.82, 2.24) is 15.0 Å². The molecule has 6 nitrogen and oxygen atoms in total. The molecule has 30 heavy (non-hydrogen) atoms. The van der Waals surface area contributed by atoms with Gasteiger partial charge in [-0.25, -0.2) is 15.0 Å². The van der Waals surface area contributed by atoms with E-state index in [1.54, 1.807) is 37.4 Å². The fourth-order valence-electron chi connectivity index (χ4n) is 3.04. The van der Waals surface area contributed by atoms with Crippen molar-refractivity contribution >= 4 is 6.29 Å². The quantitative estimate of drug-likeness (QED) is 0.491. The SMILES string of the molecule is COc1ccc(-c2nc(-c3ccc(C=O)cc3)nc(-c3cccc(C)c3O)n2)cc1. The van der Waals surface area contributed by atoms with E-state index in [0.717, 1.165) is 28.7 Å². The van der Waals surface area contributed by atoms with E-state index in [4.69, 9.17) is 4.74 Å². The van der Waals surface area contributed by atoms with Gasteiger partial charge in [-0.15, -0.1) is 0 Å². The average molecular weight is 397 g/mol. The molecule has 0 saturated heterocycles. The summed E-state index contributed by atoms with van der Waals surface area (Å²) in [7, 11) is 1.61. The summed E-state index contributed by atoms with van der Waals surface area (Å²) in [6.45, 7) is 1.82. The summed E-state index contributed by atoms with van der Waals surface area (Å²) in [5, 5.41) is 10.6. The monoisotopic (exact) mass is 397 g/mol. The highest BCUT2D eigenvalue weighted by Gasteiger charge is 2.15. The number of ether oxygens (including phenoxy) is 1. The maximum atomic E-state index is 11.0. The Morgan fingerprint density at radius 2 is 1.37 bits per heavy atom. The Balaban J connectivity index is 1.90. The molecule has 1 aromatic heterocycles. The summed E-state index contributed by atoms with van der Waals surface area (Å²) < 4.78 is 5.23. The highest BCUT2D eigenvalue weighted by Crippen LogP contribution is 2.32. The van der Waals surface area contributed by atoms with Gasteiger partial charge in [-0.05, 0) is 42.8 Å². The zero-order chi connectivity index (χ0) is 21.1. The zero-order valence-corrected chi connectivity index (χ0v) is 16.5. The minimum absolute atomic E-state index is 0.131. The van der Waals surface area contributed by atoms with E-state index < -0.39 is 0 Å². The van der Waals surface area contributed by atoms with Gasteiger partial charge in [0, 0.05) is 16.7 Å². The third-order valence-electron chi connectivity index (χ3n) is 4.77. The highest BCUT2D eigenvalue weighted by molar-refractivity contribution is 5.77. The fraction of sp³-hybridized carbons (Fsp3) is 0.0833. The summed E-state index contributed by atoms with van der Waals surface area (Å²) in [5.41, 5.74) is 3.36. The Bertz CT molecular complexity index is 1200. The van der Waals surface area contributed by atoms with E-state index in [1.165, 1.54) is 0 Å². The van der Waals surface area contributed by atoms with E-state index in [1.807, 2.05) is 43.3 Å². The number of phenols is 1. The molecule has 1 N–H and O–H groups in total. The van der Waals surface area contributed by atoms with Crippen LogP contribution in [0.2, 0.25) is 0 Å². The van der Waals surface area contributed by atoms with Gasteiger partial charge in [0.2, 0.25) is 0 Å². The van der Waals surface area contributed by atoms with Gasteiger partial charge >= 0.3 is 0 Å². The molecule has 148 valence electrons. The number of para-hydroxylation sites is 1. The average Bonchev–Trinajstić information content (AvgIpc) is 2.80. The first kappa shape index (κ1) is 19.3. The number of aldehydes is 1. The molecule has 1 heterocycles. The molecule has 0 saturated carbocycles. The molecule has 0 atom stereocenters. The first-order valence-corrected chi connectivity index (χ1v) is 9.34. The predicted octanol–water partition coefficient (Wildman–Crippen LogP) is 4.71. The van der Waals surface area contributed by atoms with Crippen molar-refractivity contribution in [1.29, 1.82) is 0 Å². The van der Waals surface area contributed by atoms with Crippen LogP contribution in [0.1, 0.15) is 15.9 Å². The molecule has 0 bridgehead atoms. The molecule has 4 rings (SSSR count). The number of hydrogen-bond donors (Lipinski definition) is 1. The lowest BCUT2D eigenvalue weighted by atomic mass is 10.1. The van der Waals surface area contributed by atoms with Gasteiger partial charge in [-0.3, -0.25) is 4.79 Å². The molecular formula is C24H19N3O3. The topological polar surface area (TPSA) is 85.2 Å². The van der Waals surface area contributed by atoms with Gasteiger partial charge in [0.05, 0.1) is 12.7 Å². The number of carbonyl (C=O) groups excluding carboxylic acids is 1. The van der Waals surface area contributed by atoms with E-state index in [9.17, 15) is 9.90 Å². The van der Waals surface area contributed by atoms with Gasteiger partial charge < -0.3 is 9.84 Å². The van der Waals surface area contributed by atoms with E-state index in [0.29, 0.717) is 28.6 Å². The Hall–Kier alpha value is -4.06. The van der Waals surface area contributed by atoms with Crippen molar-refractivity contribution in [3.05, 3.63) is 77.9 Å². The Kier molecular flexibility index (Phi) is 5.22. The minimum Gasteiger partial charge on any atom is -0.507 e. The normalized spacial score (nSPS) is 10.6. The second-order valence-corrected chi connectivity index (χ2v) is 6.75. The summed E-state index contributed by atoms with van der Waals surface area (Å²) in [6, 6.07) is 19.8. The second kappa shape index (κ2) is 8.13. The largest absolute Gasteiger partial charge is 0.507 e. The van der Waals surface area contributed by atoms with Crippen LogP contribution in [0.5, 0.6) is 11.5 Å². The summed E-state index contributed by atoms with van der Waals surface area (Å²) in [4.78, 5) is 24.8. The molecule has 0 aliphatic carbocycles. The van der Waals surface area contributed by atoms with Gasteiger partial charge in [0.1, 0.15) is 17.8 Å². The fourth-order valence-corrected chi connectivity index (χ4v) is 3.04. The van der Waals surface area contributed by atoms with Crippen LogP contribution >= 0.6 is 0 Å². The number of methoxy groups -OCH3 is 1. The van der Waals surface area contributed by atoms with Crippen molar-refractivity contribution in [2.45, 2.75) is 6.92 Å². The maximum absolute atomic E-state index is 11.0. The number of hydrogen-bond acceptors (Lipinski definition) is 6. The van der Waals surface area contributed by atoms with Crippen molar-refractivity contribution in [3.8, 4) is 45.7 Å². The third kappa shape index (κ3) is 3.75. The van der Waals surface area contributed by atoms with Crippen molar-refractivity contribution in [2.75, 3.05) is 7.11 Å². The smallest absolute Gasteiger partial charge is 0.167 e. The number of nitrogens with zero attached hydrogens (tertiary/aromatic N) is 3. The molecule has 0 aliphatic rings. The Morgan fingerprint density at radius 1 is 0.800 bits per heavy atom. The minimum atomic E-state index is 0.131. The van der Waals surface area contributed by atoms with Crippen LogP contribution in [-0.2, 0) is 0 Å². The van der Waals surface area contributed by atoms with E-state index in [2.05, 4.69) is 15.0 Å². The molecule has 0 aliphatic heterocycles. The molecule has 0 fully saturated rings. The van der Waals surface area contributed by atoms with Crippen LogP contribution < -0.4 is 4.74 Å². The highest BCUT2D eigenvalue weighted by atomic mass is 16.5. The molecule has 0 radical (unpaired) electrons. The van der Waals surface area contributed by atoms with Crippen molar-refractivity contribution in [2.24, 2.45) is 0 Å². The lowest BCUT2D eigenvalue weighted by Gasteiger charge is -2.10. The van der Waals surface area contributed by atoms with Gasteiger partial charge in [0.25, 0.3) is 0 Å². The lowest BCUT2D eigenvalue weighted by Crippen LogP contribution is -2.00. The molecule has 6 heteroatoms. The van der Waals surface area contributed by atoms with Crippen molar-refractivity contribution in [3.63, 3.8) is 0 Å². The van der Waals surface area contributed by atoms with Crippen LogP contribution in [-0.4, -0.2) is 33.5 Å². The van der Waals surface area contributed by atoms with E-state index >= 15 is 0 Å². The molecule has 0 spiro atoms. The Labute approximate surface area is 173 Å². The van der Waals surface area contributed by atoms with Crippen LogP contribution in [0.15, 0.2) is 66.7 Å². The summed E-state index contributed by atoms with van der Waals surface area (Å²) >= 11 is 0. The maximum Gasteiger partial charge on any atom is 0.167 e. The van der Waals surface area contributed by atoms with Gasteiger partial charge in [-0.1, -0.05) is 36.4 Å². The predicted molar refractivity (Wildman–Crippen MR) is 114 cm³/mol. The zero-order valence-electron chi connectivity index (χ0n) is 16.5. The van der Waals surface area contributed by atoms with Crippen LogP contribution in [0.4, 0.5) is 0 Å². The number of aryl methyl sites for hydroxylation is 1. The number of aromatic hydroxyl groups is 1. The molecular weight excluding hydrogens is 378 g/mol.